The minimum atomic E-state index is -0.570. The van der Waals surface area contributed by atoms with Crippen molar-refractivity contribution in [3.05, 3.63) is 80.1 Å². The van der Waals surface area contributed by atoms with E-state index in [4.69, 9.17) is 32.7 Å². The van der Waals surface area contributed by atoms with Gasteiger partial charge in [-0.2, -0.15) is 5.10 Å². The highest BCUT2D eigenvalue weighted by Crippen LogP contribution is 2.41. The first kappa shape index (κ1) is 20.9. The zero-order chi connectivity index (χ0) is 22.1. The molecule has 8 nitrogen and oxygen atoms in total. The highest BCUT2D eigenvalue weighted by Gasteiger charge is 2.20. The lowest BCUT2D eigenvalue weighted by Crippen LogP contribution is -2.03. The summed E-state index contributed by atoms with van der Waals surface area (Å²) in [5, 5.41) is 16.4. The molecule has 4 aromatic rings. The predicted octanol–water partition coefficient (Wildman–Crippen LogP) is 5.80. The second-order valence-corrected chi connectivity index (χ2v) is 7.51. The molecule has 158 valence electrons. The first-order valence-corrected chi connectivity index (χ1v) is 9.89. The number of pyridine rings is 1. The largest absolute Gasteiger partial charge is 0.497 e. The molecule has 10 heteroatoms. The zero-order valence-electron chi connectivity index (χ0n) is 16.5. The van der Waals surface area contributed by atoms with E-state index in [1.807, 2.05) is 31.2 Å². The SMILES string of the molecule is COc1ccc(Cn2nc(C)c3c(Oc4c(Cl)cc([N+](=O)[O-])cc4Cl)ccnc32)cc1. The van der Waals surface area contributed by atoms with Gasteiger partial charge < -0.3 is 9.47 Å². The third-order valence-electron chi connectivity index (χ3n) is 4.67. The molecule has 2 aromatic carbocycles. The maximum atomic E-state index is 11.0. The summed E-state index contributed by atoms with van der Waals surface area (Å²) in [6.07, 6.45) is 1.59. The summed E-state index contributed by atoms with van der Waals surface area (Å²) < 4.78 is 12.9. The van der Waals surface area contributed by atoms with Gasteiger partial charge in [0.05, 0.1) is 39.7 Å². The van der Waals surface area contributed by atoms with E-state index in [0.29, 0.717) is 29.0 Å². The minimum absolute atomic E-state index is 0.0347. The van der Waals surface area contributed by atoms with Gasteiger partial charge in [0.15, 0.2) is 11.4 Å². The van der Waals surface area contributed by atoms with Crippen LogP contribution in [-0.2, 0) is 6.54 Å². The summed E-state index contributed by atoms with van der Waals surface area (Å²) in [4.78, 5) is 14.9. The highest BCUT2D eigenvalue weighted by molar-refractivity contribution is 6.37. The van der Waals surface area contributed by atoms with Crippen LogP contribution in [-0.4, -0.2) is 26.8 Å². The van der Waals surface area contributed by atoms with Gasteiger partial charge in [0.2, 0.25) is 0 Å². The smallest absolute Gasteiger partial charge is 0.272 e. The number of aryl methyl sites for hydroxylation is 1. The second-order valence-electron chi connectivity index (χ2n) is 6.70. The van der Waals surface area contributed by atoms with E-state index in [-0.39, 0.29) is 21.5 Å². The first-order valence-electron chi connectivity index (χ1n) is 9.13. The lowest BCUT2D eigenvalue weighted by atomic mass is 10.2. The Labute approximate surface area is 187 Å². The van der Waals surface area contributed by atoms with Crippen molar-refractivity contribution in [2.24, 2.45) is 0 Å². The molecule has 0 aliphatic carbocycles. The Hall–Kier alpha value is -3.36. The maximum Gasteiger partial charge on any atom is 0.272 e. The molecule has 0 radical (unpaired) electrons. The Morgan fingerprint density at radius 1 is 1.13 bits per heavy atom. The van der Waals surface area contributed by atoms with E-state index in [1.165, 1.54) is 12.1 Å². The van der Waals surface area contributed by atoms with Gasteiger partial charge in [-0.25, -0.2) is 9.67 Å². The van der Waals surface area contributed by atoms with E-state index in [1.54, 1.807) is 24.1 Å². The van der Waals surface area contributed by atoms with Crippen LogP contribution >= 0.6 is 23.2 Å². The molecule has 2 aromatic heterocycles. The monoisotopic (exact) mass is 458 g/mol. The number of non-ortho nitro benzene ring substituents is 1. The first-order chi connectivity index (χ1) is 14.9. The molecule has 0 aliphatic rings. The molecule has 0 aliphatic heterocycles. The number of aromatic nitrogens is 3. The van der Waals surface area contributed by atoms with Crippen molar-refractivity contribution in [3.63, 3.8) is 0 Å². The van der Waals surface area contributed by atoms with E-state index in [0.717, 1.165) is 11.3 Å². The van der Waals surface area contributed by atoms with Crippen LogP contribution in [0.4, 0.5) is 5.69 Å². The molecule has 0 saturated heterocycles. The van der Waals surface area contributed by atoms with Crippen molar-refractivity contribution in [1.82, 2.24) is 14.8 Å². The number of hydrogen-bond acceptors (Lipinski definition) is 6. The van der Waals surface area contributed by atoms with Crippen LogP contribution in [0.15, 0.2) is 48.7 Å². The number of halogens is 2. The van der Waals surface area contributed by atoms with Crippen molar-refractivity contribution < 1.29 is 14.4 Å². The van der Waals surface area contributed by atoms with Gasteiger partial charge in [0, 0.05) is 18.3 Å². The average molecular weight is 459 g/mol. The topological polar surface area (TPSA) is 92.3 Å². The number of nitro groups is 1. The summed E-state index contributed by atoms with van der Waals surface area (Å²) in [7, 11) is 1.62. The van der Waals surface area contributed by atoms with Gasteiger partial charge in [-0.1, -0.05) is 35.3 Å². The Morgan fingerprint density at radius 3 is 2.42 bits per heavy atom. The maximum absolute atomic E-state index is 11.0. The van der Waals surface area contributed by atoms with Crippen molar-refractivity contribution >= 4 is 39.9 Å². The van der Waals surface area contributed by atoms with Crippen LogP contribution in [0.1, 0.15) is 11.3 Å². The number of hydrogen-bond donors (Lipinski definition) is 0. The molecule has 0 N–H and O–H groups in total. The van der Waals surface area contributed by atoms with Crippen LogP contribution in [0, 0.1) is 17.0 Å². The molecular weight excluding hydrogens is 443 g/mol. The number of methoxy groups -OCH3 is 1. The molecule has 0 bridgehead atoms. The number of nitro benzene ring substituents is 1. The Balaban J connectivity index is 1.71. The van der Waals surface area contributed by atoms with Gasteiger partial charge in [-0.15, -0.1) is 0 Å². The molecule has 0 saturated carbocycles. The Kier molecular flexibility index (Phi) is 5.67. The normalized spacial score (nSPS) is 11.0. The van der Waals surface area contributed by atoms with Gasteiger partial charge >= 0.3 is 0 Å². The summed E-state index contributed by atoms with van der Waals surface area (Å²) in [5.41, 5.74) is 2.14. The van der Waals surface area contributed by atoms with Crippen LogP contribution in [0.25, 0.3) is 11.0 Å². The third kappa shape index (κ3) is 4.12. The average Bonchev–Trinajstić information content (AvgIpc) is 3.07. The number of ether oxygens (including phenoxy) is 2. The van der Waals surface area contributed by atoms with Gasteiger partial charge in [-0.3, -0.25) is 10.1 Å². The number of benzene rings is 2. The van der Waals surface area contributed by atoms with Gasteiger partial charge in [0.1, 0.15) is 11.5 Å². The van der Waals surface area contributed by atoms with Crippen molar-refractivity contribution in [2.75, 3.05) is 7.11 Å². The zero-order valence-corrected chi connectivity index (χ0v) is 18.0. The number of rotatable bonds is 6. The quantitative estimate of drug-likeness (QED) is 0.267. The van der Waals surface area contributed by atoms with E-state index in [9.17, 15) is 10.1 Å². The fraction of sp³-hybridized carbons (Fsp3) is 0.143. The summed E-state index contributed by atoms with van der Waals surface area (Å²) in [6.45, 7) is 2.35. The molecular formula is C21H16Cl2N4O4. The van der Waals surface area contributed by atoms with Crippen LogP contribution in [0.3, 0.4) is 0 Å². The Bertz CT molecular complexity index is 1270. The summed E-state index contributed by atoms with van der Waals surface area (Å²) in [5.74, 6) is 1.35. The van der Waals surface area contributed by atoms with Crippen LogP contribution in [0.2, 0.25) is 10.0 Å². The fourth-order valence-corrected chi connectivity index (χ4v) is 3.76. The molecule has 0 unspecified atom stereocenters. The summed E-state index contributed by atoms with van der Waals surface area (Å²) >= 11 is 12.4. The van der Waals surface area contributed by atoms with Crippen molar-refractivity contribution in [2.45, 2.75) is 13.5 Å². The molecule has 31 heavy (non-hydrogen) atoms. The third-order valence-corrected chi connectivity index (χ3v) is 5.23. The lowest BCUT2D eigenvalue weighted by Gasteiger charge is -2.11. The van der Waals surface area contributed by atoms with E-state index in [2.05, 4.69) is 10.1 Å². The number of nitrogens with zero attached hydrogens (tertiary/aromatic N) is 4. The minimum Gasteiger partial charge on any atom is -0.497 e. The molecule has 0 fully saturated rings. The van der Waals surface area contributed by atoms with E-state index < -0.39 is 4.92 Å². The van der Waals surface area contributed by atoms with Crippen LogP contribution < -0.4 is 9.47 Å². The van der Waals surface area contributed by atoms with Gasteiger partial charge in [-0.05, 0) is 30.7 Å². The second kappa shape index (κ2) is 8.41. The molecule has 0 amide bonds. The van der Waals surface area contributed by atoms with Crippen molar-refractivity contribution in [3.8, 4) is 17.2 Å². The highest BCUT2D eigenvalue weighted by atomic mass is 35.5. The predicted molar refractivity (Wildman–Crippen MR) is 118 cm³/mol. The van der Waals surface area contributed by atoms with Crippen molar-refractivity contribution in [1.29, 1.82) is 0 Å². The van der Waals surface area contributed by atoms with Gasteiger partial charge in [0.25, 0.3) is 5.69 Å². The Morgan fingerprint density at radius 2 is 1.81 bits per heavy atom. The molecule has 2 heterocycles. The standard InChI is InChI=1S/C21H16Cl2N4O4/c1-12-19-18(31-20-16(22)9-14(27(28)29)10-17(20)23)7-8-24-21(19)26(25-12)11-13-3-5-15(30-2)6-4-13/h3-10H,11H2,1-2H3. The molecule has 0 spiro atoms. The van der Waals surface area contributed by atoms with Crippen LogP contribution in [0.5, 0.6) is 17.2 Å². The fourth-order valence-electron chi connectivity index (χ4n) is 3.21. The molecule has 4 rings (SSSR count). The lowest BCUT2D eigenvalue weighted by molar-refractivity contribution is -0.384. The summed E-state index contributed by atoms with van der Waals surface area (Å²) in [6, 6.07) is 11.7. The van der Waals surface area contributed by atoms with E-state index >= 15 is 0 Å². The molecule has 0 atom stereocenters. The number of fused-ring (bicyclic) bond motifs is 1.